The van der Waals surface area contributed by atoms with Gasteiger partial charge >= 0.3 is 0 Å². The number of anilines is 1. The van der Waals surface area contributed by atoms with Crippen LogP contribution in [0.25, 0.3) is 0 Å². The summed E-state index contributed by atoms with van der Waals surface area (Å²) in [5, 5.41) is 13.6. The molecule has 2 N–H and O–H groups in total. The molecular formula is C20H20N4O2S. The van der Waals surface area contributed by atoms with E-state index in [2.05, 4.69) is 20.8 Å². The molecule has 0 spiro atoms. The SMILES string of the molecule is C/C(=N\N=C1/NC(=O)C(CC(=O)Nc2ccc(C)cc2)S1)c1ccccc1. The summed E-state index contributed by atoms with van der Waals surface area (Å²) >= 11 is 1.22. The van der Waals surface area contributed by atoms with Crippen LogP contribution in [0, 0.1) is 6.92 Å². The van der Waals surface area contributed by atoms with Gasteiger partial charge in [0, 0.05) is 12.1 Å². The first-order valence-corrected chi connectivity index (χ1v) is 9.41. The number of rotatable bonds is 5. The highest BCUT2D eigenvalue weighted by Gasteiger charge is 2.32. The van der Waals surface area contributed by atoms with Gasteiger partial charge in [-0.1, -0.05) is 59.8 Å². The Balaban J connectivity index is 1.58. The van der Waals surface area contributed by atoms with E-state index in [1.807, 2.05) is 68.4 Å². The topological polar surface area (TPSA) is 82.9 Å². The number of nitrogens with zero attached hydrogens (tertiary/aromatic N) is 2. The molecule has 1 unspecified atom stereocenters. The second-order valence-electron chi connectivity index (χ2n) is 6.17. The summed E-state index contributed by atoms with van der Waals surface area (Å²) < 4.78 is 0. The second kappa shape index (κ2) is 8.64. The Hall–Kier alpha value is -2.93. The third-order valence-electron chi connectivity index (χ3n) is 3.96. The van der Waals surface area contributed by atoms with Crippen molar-refractivity contribution in [2.75, 3.05) is 5.32 Å². The predicted molar refractivity (Wildman–Crippen MR) is 110 cm³/mol. The lowest BCUT2D eigenvalue weighted by Crippen LogP contribution is -2.28. The smallest absolute Gasteiger partial charge is 0.240 e. The summed E-state index contributed by atoms with van der Waals surface area (Å²) in [5.41, 5.74) is 3.54. The van der Waals surface area contributed by atoms with Crippen molar-refractivity contribution in [1.29, 1.82) is 0 Å². The van der Waals surface area contributed by atoms with Crippen molar-refractivity contribution in [3.63, 3.8) is 0 Å². The van der Waals surface area contributed by atoms with Crippen LogP contribution in [0.2, 0.25) is 0 Å². The first-order valence-electron chi connectivity index (χ1n) is 8.53. The van der Waals surface area contributed by atoms with E-state index in [9.17, 15) is 9.59 Å². The van der Waals surface area contributed by atoms with Crippen LogP contribution < -0.4 is 10.6 Å². The fourth-order valence-electron chi connectivity index (χ4n) is 2.46. The summed E-state index contributed by atoms with van der Waals surface area (Å²) in [5.74, 6) is -0.443. The standard InChI is InChI=1S/C20H20N4O2S/c1-13-8-10-16(11-9-13)21-18(25)12-17-19(26)22-20(27-17)24-23-14(2)15-6-4-3-5-7-15/h3-11,17H,12H2,1-2H3,(H,21,25)(H,22,24,26)/b23-14+. The highest BCUT2D eigenvalue weighted by atomic mass is 32.2. The lowest BCUT2D eigenvalue weighted by atomic mass is 10.1. The first-order chi connectivity index (χ1) is 13.0. The van der Waals surface area contributed by atoms with Crippen LogP contribution in [0.4, 0.5) is 5.69 Å². The van der Waals surface area contributed by atoms with Gasteiger partial charge in [-0.05, 0) is 31.5 Å². The number of hydrogen-bond donors (Lipinski definition) is 2. The zero-order chi connectivity index (χ0) is 19.2. The fraction of sp³-hybridized carbons (Fsp3) is 0.200. The lowest BCUT2D eigenvalue weighted by molar-refractivity contribution is -0.122. The van der Waals surface area contributed by atoms with Crippen molar-refractivity contribution in [3.05, 3.63) is 65.7 Å². The van der Waals surface area contributed by atoms with Crippen molar-refractivity contribution in [1.82, 2.24) is 5.32 Å². The molecule has 1 atom stereocenters. The second-order valence-corrected chi connectivity index (χ2v) is 7.36. The predicted octanol–water partition coefficient (Wildman–Crippen LogP) is 3.34. The molecule has 1 aliphatic rings. The molecule has 27 heavy (non-hydrogen) atoms. The summed E-state index contributed by atoms with van der Waals surface area (Å²) in [6.07, 6.45) is 0.0742. The molecule has 3 rings (SSSR count). The van der Waals surface area contributed by atoms with Crippen molar-refractivity contribution in [2.24, 2.45) is 10.2 Å². The van der Waals surface area contributed by atoms with Crippen LogP contribution in [0.15, 0.2) is 64.8 Å². The third-order valence-corrected chi connectivity index (χ3v) is 5.04. The maximum atomic E-state index is 12.2. The summed E-state index contributed by atoms with van der Waals surface area (Å²) in [7, 11) is 0. The minimum atomic E-state index is -0.513. The van der Waals surface area contributed by atoms with Gasteiger partial charge in [0.05, 0.1) is 5.71 Å². The zero-order valence-electron chi connectivity index (χ0n) is 15.1. The molecule has 1 aliphatic heterocycles. The Morgan fingerprint density at radius 1 is 1.15 bits per heavy atom. The van der Waals surface area contributed by atoms with Gasteiger partial charge in [-0.15, -0.1) is 5.10 Å². The van der Waals surface area contributed by atoms with Gasteiger partial charge in [0.2, 0.25) is 11.8 Å². The molecule has 6 nitrogen and oxygen atoms in total. The number of hydrogen-bond acceptors (Lipinski definition) is 5. The fourth-order valence-corrected chi connectivity index (χ4v) is 3.38. The number of carbonyl (C=O) groups excluding carboxylic acids is 2. The zero-order valence-corrected chi connectivity index (χ0v) is 15.9. The highest BCUT2D eigenvalue weighted by Crippen LogP contribution is 2.23. The molecule has 2 aromatic carbocycles. The maximum Gasteiger partial charge on any atom is 0.240 e. The molecule has 138 valence electrons. The van der Waals surface area contributed by atoms with E-state index in [4.69, 9.17) is 0 Å². The number of amidine groups is 1. The van der Waals surface area contributed by atoms with Crippen LogP contribution in [0.3, 0.4) is 0 Å². The van der Waals surface area contributed by atoms with Crippen LogP contribution in [-0.2, 0) is 9.59 Å². The minimum Gasteiger partial charge on any atom is -0.326 e. The molecule has 7 heteroatoms. The van der Waals surface area contributed by atoms with Gasteiger partial charge in [-0.2, -0.15) is 5.10 Å². The molecule has 0 aliphatic carbocycles. The Morgan fingerprint density at radius 3 is 2.56 bits per heavy atom. The number of benzene rings is 2. The molecule has 0 saturated carbocycles. The van der Waals surface area contributed by atoms with Crippen LogP contribution in [0.1, 0.15) is 24.5 Å². The molecule has 2 aromatic rings. The van der Waals surface area contributed by atoms with Crippen LogP contribution in [0.5, 0.6) is 0 Å². The molecular weight excluding hydrogens is 360 g/mol. The maximum absolute atomic E-state index is 12.2. The van der Waals surface area contributed by atoms with E-state index >= 15 is 0 Å². The van der Waals surface area contributed by atoms with Gasteiger partial charge < -0.3 is 10.6 Å². The molecule has 2 amide bonds. The molecule has 0 radical (unpaired) electrons. The van der Waals surface area contributed by atoms with Gasteiger partial charge in [-0.3, -0.25) is 9.59 Å². The number of nitrogens with one attached hydrogen (secondary N) is 2. The number of amides is 2. The Kier molecular flexibility index (Phi) is 6.03. The molecule has 1 saturated heterocycles. The Labute approximate surface area is 162 Å². The summed E-state index contributed by atoms with van der Waals surface area (Å²) in [4.78, 5) is 24.3. The van der Waals surface area contributed by atoms with Crippen molar-refractivity contribution in [2.45, 2.75) is 25.5 Å². The summed E-state index contributed by atoms with van der Waals surface area (Å²) in [6.45, 7) is 3.83. The van der Waals surface area contributed by atoms with E-state index in [1.54, 1.807) is 0 Å². The van der Waals surface area contributed by atoms with Gasteiger partial charge in [0.25, 0.3) is 0 Å². The van der Waals surface area contributed by atoms with E-state index in [-0.39, 0.29) is 18.2 Å². The van der Waals surface area contributed by atoms with Crippen LogP contribution >= 0.6 is 11.8 Å². The third kappa shape index (κ3) is 5.27. The largest absolute Gasteiger partial charge is 0.326 e. The summed E-state index contributed by atoms with van der Waals surface area (Å²) in [6, 6.07) is 17.2. The minimum absolute atomic E-state index is 0.0742. The average molecular weight is 380 g/mol. The van der Waals surface area contributed by atoms with E-state index in [0.717, 1.165) is 16.8 Å². The van der Waals surface area contributed by atoms with E-state index < -0.39 is 5.25 Å². The molecule has 1 fully saturated rings. The van der Waals surface area contributed by atoms with Crippen LogP contribution in [-0.4, -0.2) is 27.9 Å². The number of carbonyl (C=O) groups is 2. The van der Waals surface area contributed by atoms with Gasteiger partial charge in [0.1, 0.15) is 5.25 Å². The highest BCUT2D eigenvalue weighted by molar-refractivity contribution is 8.15. The van der Waals surface area contributed by atoms with Crippen molar-refractivity contribution < 1.29 is 9.59 Å². The first kappa shape index (κ1) is 18.8. The normalized spacial score (nSPS) is 18.4. The monoisotopic (exact) mass is 380 g/mol. The van der Waals surface area contributed by atoms with E-state index in [1.165, 1.54) is 11.8 Å². The quantitative estimate of drug-likeness (QED) is 0.616. The molecule has 1 heterocycles. The number of aryl methyl sites for hydroxylation is 1. The molecule has 0 aromatic heterocycles. The molecule has 0 bridgehead atoms. The average Bonchev–Trinajstić information content (AvgIpc) is 3.01. The Morgan fingerprint density at radius 2 is 1.85 bits per heavy atom. The Bertz CT molecular complexity index is 892. The van der Waals surface area contributed by atoms with E-state index in [0.29, 0.717) is 10.9 Å². The number of thioether (sulfide) groups is 1. The van der Waals surface area contributed by atoms with Gasteiger partial charge in [0.15, 0.2) is 5.17 Å². The van der Waals surface area contributed by atoms with Crippen molar-refractivity contribution in [3.8, 4) is 0 Å². The van der Waals surface area contributed by atoms with Crippen molar-refractivity contribution >= 4 is 40.1 Å². The lowest BCUT2D eigenvalue weighted by Gasteiger charge is -2.07. The van der Waals surface area contributed by atoms with Gasteiger partial charge in [-0.25, -0.2) is 0 Å².